The first kappa shape index (κ1) is 13.9. The number of hydrogen-bond acceptors (Lipinski definition) is 5. The van der Waals surface area contributed by atoms with Gasteiger partial charge in [-0.15, -0.1) is 11.8 Å². The van der Waals surface area contributed by atoms with E-state index in [9.17, 15) is 5.11 Å². The number of anilines is 1. The molecule has 1 aliphatic rings. The maximum absolute atomic E-state index is 9.19. The summed E-state index contributed by atoms with van der Waals surface area (Å²) in [4.78, 5) is 11.9. The molecule has 0 atom stereocenters. The van der Waals surface area contributed by atoms with Crippen molar-refractivity contribution < 1.29 is 5.11 Å². The van der Waals surface area contributed by atoms with Gasteiger partial charge in [0.05, 0.1) is 17.2 Å². The lowest BCUT2D eigenvalue weighted by molar-refractivity contribution is 0.301. The van der Waals surface area contributed by atoms with Crippen molar-refractivity contribution in [3.05, 3.63) is 11.0 Å². The van der Waals surface area contributed by atoms with Crippen LogP contribution in [0.15, 0.2) is 4.90 Å². The van der Waals surface area contributed by atoms with Crippen LogP contribution in [0.25, 0.3) is 0 Å². The maximum atomic E-state index is 9.19. The molecule has 18 heavy (non-hydrogen) atoms. The molecule has 0 fully saturated rings. The van der Waals surface area contributed by atoms with Crippen molar-refractivity contribution in [2.24, 2.45) is 0 Å². The van der Waals surface area contributed by atoms with E-state index in [1.54, 1.807) is 11.8 Å². The number of thioether (sulfide) groups is 1. The van der Waals surface area contributed by atoms with Gasteiger partial charge in [-0.05, 0) is 18.0 Å². The molecule has 0 spiro atoms. The van der Waals surface area contributed by atoms with E-state index in [2.05, 4.69) is 21.8 Å². The van der Waals surface area contributed by atoms with Crippen molar-refractivity contribution in [2.45, 2.75) is 31.1 Å². The molecular formula is C12H18ClN3OS. The third kappa shape index (κ3) is 3.08. The van der Waals surface area contributed by atoms with Gasteiger partial charge >= 0.3 is 0 Å². The number of aliphatic hydroxyl groups is 1. The molecule has 0 aromatic carbocycles. The molecule has 0 amide bonds. The lowest BCUT2D eigenvalue weighted by atomic mass is 10.2. The highest BCUT2D eigenvalue weighted by Gasteiger charge is 2.23. The summed E-state index contributed by atoms with van der Waals surface area (Å²) in [6.45, 7) is 3.78. The quantitative estimate of drug-likeness (QED) is 0.814. The summed E-state index contributed by atoms with van der Waals surface area (Å²) in [5.74, 6) is 1.94. The Labute approximate surface area is 117 Å². The van der Waals surface area contributed by atoms with Crippen LogP contribution in [-0.2, 0) is 6.42 Å². The zero-order chi connectivity index (χ0) is 13.0. The summed E-state index contributed by atoms with van der Waals surface area (Å²) >= 11 is 7.77. The SMILES string of the molecule is CCCCN(CCO)c1nc(Cl)nc2c1SCC2. The van der Waals surface area contributed by atoms with E-state index in [-0.39, 0.29) is 6.61 Å². The van der Waals surface area contributed by atoms with E-state index in [0.29, 0.717) is 11.8 Å². The second-order valence-electron chi connectivity index (χ2n) is 4.25. The molecule has 0 bridgehead atoms. The Balaban J connectivity index is 2.28. The molecule has 0 radical (unpaired) electrons. The Hall–Kier alpha value is -0.520. The molecule has 1 N–H and O–H groups in total. The molecular weight excluding hydrogens is 270 g/mol. The van der Waals surface area contributed by atoms with Crippen LogP contribution >= 0.6 is 23.4 Å². The predicted octanol–water partition coefficient (Wildman–Crippen LogP) is 2.38. The van der Waals surface area contributed by atoms with Crippen LogP contribution in [0, 0.1) is 0 Å². The summed E-state index contributed by atoms with van der Waals surface area (Å²) in [7, 11) is 0. The Bertz CT molecular complexity index is 417. The summed E-state index contributed by atoms with van der Waals surface area (Å²) in [6.07, 6.45) is 3.16. The standard InChI is InChI=1S/C12H18ClN3OS/c1-2-3-5-16(6-7-17)11-10-9(4-8-18-10)14-12(13)15-11/h17H,2-8H2,1H3. The van der Waals surface area contributed by atoms with Crippen molar-refractivity contribution in [3.63, 3.8) is 0 Å². The number of aliphatic hydroxyl groups excluding tert-OH is 1. The van der Waals surface area contributed by atoms with Gasteiger partial charge in [-0.2, -0.15) is 4.98 Å². The zero-order valence-corrected chi connectivity index (χ0v) is 12.1. The van der Waals surface area contributed by atoms with Gasteiger partial charge in [0.1, 0.15) is 5.82 Å². The van der Waals surface area contributed by atoms with Crippen LogP contribution < -0.4 is 4.90 Å². The molecule has 0 unspecified atom stereocenters. The van der Waals surface area contributed by atoms with Gasteiger partial charge in [-0.1, -0.05) is 13.3 Å². The largest absolute Gasteiger partial charge is 0.395 e. The number of aromatic nitrogens is 2. The first-order chi connectivity index (χ1) is 8.76. The topological polar surface area (TPSA) is 49.2 Å². The predicted molar refractivity (Wildman–Crippen MR) is 75.7 cm³/mol. The van der Waals surface area contributed by atoms with Gasteiger partial charge in [-0.3, -0.25) is 0 Å². The Morgan fingerprint density at radius 2 is 2.22 bits per heavy atom. The number of hydrogen-bond donors (Lipinski definition) is 1. The van der Waals surface area contributed by atoms with E-state index in [1.807, 2.05) is 0 Å². The lowest BCUT2D eigenvalue weighted by Crippen LogP contribution is -2.29. The second kappa shape index (κ2) is 6.59. The Morgan fingerprint density at radius 3 is 2.94 bits per heavy atom. The summed E-state index contributed by atoms with van der Waals surface area (Å²) in [5, 5.41) is 9.50. The highest BCUT2D eigenvalue weighted by molar-refractivity contribution is 7.99. The fraction of sp³-hybridized carbons (Fsp3) is 0.667. The molecule has 6 heteroatoms. The highest BCUT2D eigenvalue weighted by atomic mass is 35.5. The fourth-order valence-electron chi connectivity index (χ4n) is 2.03. The minimum Gasteiger partial charge on any atom is -0.395 e. The highest BCUT2D eigenvalue weighted by Crippen LogP contribution is 2.37. The normalized spacial score (nSPS) is 13.7. The lowest BCUT2D eigenvalue weighted by Gasteiger charge is -2.24. The van der Waals surface area contributed by atoms with Gasteiger partial charge < -0.3 is 10.0 Å². The number of rotatable bonds is 6. The van der Waals surface area contributed by atoms with Gasteiger partial charge in [0, 0.05) is 25.3 Å². The monoisotopic (exact) mass is 287 g/mol. The van der Waals surface area contributed by atoms with Gasteiger partial charge in [0.25, 0.3) is 0 Å². The average Bonchev–Trinajstić information content (AvgIpc) is 2.81. The molecule has 1 aromatic heterocycles. The third-order valence-corrected chi connectivity index (χ3v) is 4.21. The van der Waals surface area contributed by atoms with Crippen molar-refractivity contribution in [3.8, 4) is 0 Å². The van der Waals surface area contributed by atoms with Crippen molar-refractivity contribution in [2.75, 3.05) is 30.3 Å². The van der Waals surface area contributed by atoms with Crippen LogP contribution in [0.3, 0.4) is 0 Å². The van der Waals surface area contributed by atoms with Crippen molar-refractivity contribution in [1.82, 2.24) is 9.97 Å². The van der Waals surface area contributed by atoms with Crippen LogP contribution in [0.5, 0.6) is 0 Å². The number of unbranched alkanes of at least 4 members (excludes halogenated alkanes) is 1. The molecule has 2 heterocycles. The minimum atomic E-state index is 0.130. The summed E-state index contributed by atoms with van der Waals surface area (Å²) < 4.78 is 0. The number of fused-ring (bicyclic) bond motifs is 1. The van der Waals surface area contributed by atoms with Crippen molar-refractivity contribution in [1.29, 1.82) is 0 Å². The van der Waals surface area contributed by atoms with Crippen LogP contribution in [0.4, 0.5) is 5.82 Å². The molecule has 1 aromatic rings. The molecule has 1 aliphatic heterocycles. The summed E-state index contributed by atoms with van der Waals surface area (Å²) in [5.41, 5.74) is 1.05. The molecule has 0 saturated carbocycles. The van der Waals surface area contributed by atoms with E-state index in [1.165, 1.54) is 0 Å². The number of halogens is 1. The van der Waals surface area contributed by atoms with Gasteiger partial charge in [0.15, 0.2) is 0 Å². The van der Waals surface area contributed by atoms with Crippen LogP contribution in [-0.4, -0.2) is 40.5 Å². The van der Waals surface area contributed by atoms with Crippen molar-refractivity contribution >= 4 is 29.2 Å². The third-order valence-electron chi connectivity index (χ3n) is 2.93. The van der Waals surface area contributed by atoms with E-state index < -0.39 is 0 Å². The Kier molecular flexibility index (Phi) is 5.09. The van der Waals surface area contributed by atoms with Crippen LogP contribution in [0.2, 0.25) is 5.28 Å². The average molecular weight is 288 g/mol. The maximum Gasteiger partial charge on any atom is 0.224 e. The smallest absolute Gasteiger partial charge is 0.224 e. The summed E-state index contributed by atoms with van der Waals surface area (Å²) in [6, 6.07) is 0. The molecule has 2 rings (SSSR count). The van der Waals surface area contributed by atoms with Gasteiger partial charge in [0.2, 0.25) is 5.28 Å². The minimum absolute atomic E-state index is 0.130. The van der Waals surface area contributed by atoms with E-state index >= 15 is 0 Å². The van der Waals surface area contributed by atoms with Gasteiger partial charge in [-0.25, -0.2) is 4.98 Å². The second-order valence-corrected chi connectivity index (χ2v) is 5.70. The Morgan fingerprint density at radius 1 is 1.39 bits per heavy atom. The van der Waals surface area contributed by atoms with Crippen LogP contribution in [0.1, 0.15) is 25.5 Å². The van der Waals surface area contributed by atoms with E-state index in [0.717, 1.165) is 48.0 Å². The molecule has 100 valence electrons. The first-order valence-electron chi connectivity index (χ1n) is 6.31. The number of nitrogens with zero attached hydrogens (tertiary/aromatic N) is 3. The first-order valence-corrected chi connectivity index (χ1v) is 7.67. The molecule has 0 aliphatic carbocycles. The molecule has 0 saturated heterocycles. The fourth-order valence-corrected chi connectivity index (χ4v) is 3.33. The number of aryl methyl sites for hydroxylation is 1. The van der Waals surface area contributed by atoms with E-state index in [4.69, 9.17) is 11.6 Å². The molecule has 4 nitrogen and oxygen atoms in total. The zero-order valence-electron chi connectivity index (χ0n) is 10.5.